The first-order valence-corrected chi connectivity index (χ1v) is 6.47. The van der Waals surface area contributed by atoms with Crippen LogP contribution in [-0.2, 0) is 4.79 Å². The minimum atomic E-state index is -0.409. The van der Waals surface area contributed by atoms with Crippen LogP contribution in [0.2, 0.25) is 0 Å². The van der Waals surface area contributed by atoms with Crippen LogP contribution < -0.4 is 5.32 Å². The molecule has 2 aliphatic rings. The van der Waals surface area contributed by atoms with Crippen molar-refractivity contribution in [2.45, 2.75) is 31.5 Å². The summed E-state index contributed by atoms with van der Waals surface area (Å²) < 4.78 is 0. The Morgan fingerprint density at radius 2 is 2.21 bits per heavy atom. The Labute approximate surface area is 110 Å². The Bertz CT molecular complexity index is 532. The number of rotatable bonds is 2. The summed E-state index contributed by atoms with van der Waals surface area (Å²) in [5.74, 6) is 0.0382. The summed E-state index contributed by atoms with van der Waals surface area (Å²) in [4.78, 5) is 24.5. The van der Waals surface area contributed by atoms with Crippen molar-refractivity contribution < 1.29 is 9.72 Å². The Morgan fingerprint density at radius 1 is 1.37 bits per heavy atom. The number of carbonyl (C=O) groups is 1. The van der Waals surface area contributed by atoms with Crippen LogP contribution in [0.25, 0.3) is 0 Å². The van der Waals surface area contributed by atoms with E-state index in [2.05, 4.69) is 10.2 Å². The van der Waals surface area contributed by atoms with E-state index in [9.17, 15) is 14.9 Å². The molecular weight excluding hydrogens is 246 g/mol. The Morgan fingerprint density at radius 3 is 3.00 bits per heavy atom. The van der Waals surface area contributed by atoms with Gasteiger partial charge in [0.05, 0.1) is 11.0 Å². The average molecular weight is 261 g/mol. The zero-order valence-corrected chi connectivity index (χ0v) is 10.4. The molecule has 0 spiro atoms. The summed E-state index contributed by atoms with van der Waals surface area (Å²) in [6, 6.07) is 6.43. The zero-order chi connectivity index (χ0) is 13.4. The second-order valence-corrected chi connectivity index (χ2v) is 5.01. The van der Waals surface area contributed by atoms with Crippen LogP contribution in [0.1, 0.15) is 31.0 Å². The first kappa shape index (κ1) is 12.1. The van der Waals surface area contributed by atoms with Crippen molar-refractivity contribution >= 4 is 11.6 Å². The number of nitro benzene ring substituents is 1. The van der Waals surface area contributed by atoms with Crippen LogP contribution in [0.4, 0.5) is 5.69 Å². The molecule has 2 unspecified atom stereocenters. The van der Waals surface area contributed by atoms with Crippen LogP contribution in [0.3, 0.4) is 0 Å². The van der Waals surface area contributed by atoms with E-state index in [-0.39, 0.29) is 23.8 Å². The first-order chi connectivity index (χ1) is 9.16. The molecule has 100 valence electrons. The smallest absolute Gasteiger partial charge is 0.269 e. The Balaban J connectivity index is 1.91. The molecule has 2 fully saturated rings. The lowest BCUT2D eigenvalue weighted by Crippen LogP contribution is -2.38. The zero-order valence-electron chi connectivity index (χ0n) is 10.4. The number of nitrogens with one attached hydrogen (secondary N) is 1. The molecule has 3 rings (SSSR count). The molecule has 19 heavy (non-hydrogen) atoms. The largest absolute Gasteiger partial charge is 0.335 e. The molecule has 0 bridgehead atoms. The number of fused-ring (bicyclic) bond motifs is 1. The van der Waals surface area contributed by atoms with E-state index in [0.29, 0.717) is 0 Å². The van der Waals surface area contributed by atoms with Gasteiger partial charge in [-0.25, -0.2) is 0 Å². The number of hydrogen-bond acceptors (Lipinski definition) is 4. The van der Waals surface area contributed by atoms with E-state index in [1.807, 2.05) is 6.07 Å². The van der Waals surface area contributed by atoms with Crippen LogP contribution >= 0.6 is 0 Å². The lowest BCUT2D eigenvalue weighted by Gasteiger charge is -2.31. The van der Waals surface area contributed by atoms with Gasteiger partial charge in [-0.05, 0) is 18.4 Å². The third-order valence-electron chi connectivity index (χ3n) is 3.85. The molecule has 6 heteroatoms. The molecule has 1 N–H and O–H groups in total. The van der Waals surface area contributed by atoms with Gasteiger partial charge in [0.2, 0.25) is 5.91 Å². The molecule has 0 aromatic heterocycles. The lowest BCUT2D eigenvalue weighted by atomic mass is 10.0. The molecule has 0 aliphatic carbocycles. The van der Waals surface area contributed by atoms with E-state index in [1.54, 1.807) is 12.1 Å². The highest BCUT2D eigenvalue weighted by molar-refractivity contribution is 5.84. The summed E-state index contributed by atoms with van der Waals surface area (Å²) >= 11 is 0. The third kappa shape index (κ3) is 2.08. The van der Waals surface area contributed by atoms with Crippen molar-refractivity contribution in [1.82, 2.24) is 10.2 Å². The van der Waals surface area contributed by atoms with Gasteiger partial charge < -0.3 is 5.32 Å². The predicted molar refractivity (Wildman–Crippen MR) is 68.3 cm³/mol. The van der Waals surface area contributed by atoms with E-state index in [4.69, 9.17) is 0 Å². The van der Waals surface area contributed by atoms with Crippen LogP contribution in [0.15, 0.2) is 24.3 Å². The Hall–Kier alpha value is -1.95. The highest BCUT2D eigenvalue weighted by atomic mass is 16.6. The second-order valence-electron chi connectivity index (χ2n) is 5.01. The topological polar surface area (TPSA) is 75.5 Å². The monoisotopic (exact) mass is 261 g/mol. The average Bonchev–Trinajstić information content (AvgIpc) is 2.77. The van der Waals surface area contributed by atoms with Gasteiger partial charge in [-0.1, -0.05) is 18.6 Å². The molecule has 2 saturated heterocycles. The maximum Gasteiger partial charge on any atom is 0.269 e. The standard InChI is InChI=1S/C13H15N3O3/c17-13-11-6-1-2-7-15(11)12(14-13)9-4-3-5-10(8-9)16(18)19/h3-5,8,11-12H,1-2,6-7H2,(H,14,17). The normalized spacial score (nSPS) is 26.8. The number of amides is 1. The number of nitro groups is 1. The molecule has 1 aromatic carbocycles. The number of carbonyl (C=O) groups excluding carboxylic acids is 1. The SMILES string of the molecule is O=C1NC(c2cccc([N+](=O)[O-])c2)N2CCCCC12. The van der Waals surface area contributed by atoms with Gasteiger partial charge in [-0.2, -0.15) is 0 Å². The molecular formula is C13H15N3O3. The van der Waals surface area contributed by atoms with Crippen molar-refractivity contribution in [3.63, 3.8) is 0 Å². The fourth-order valence-corrected chi connectivity index (χ4v) is 2.94. The number of hydrogen-bond donors (Lipinski definition) is 1. The van der Waals surface area contributed by atoms with Crippen LogP contribution in [-0.4, -0.2) is 28.3 Å². The van der Waals surface area contributed by atoms with Gasteiger partial charge in [0.1, 0.15) is 6.17 Å². The fourth-order valence-electron chi connectivity index (χ4n) is 2.94. The first-order valence-electron chi connectivity index (χ1n) is 6.47. The van der Waals surface area contributed by atoms with Crippen molar-refractivity contribution in [2.75, 3.05) is 6.54 Å². The number of benzene rings is 1. The minimum absolute atomic E-state index is 0.0382. The predicted octanol–water partition coefficient (Wildman–Crippen LogP) is 1.58. The number of nitrogens with zero attached hydrogens (tertiary/aromatic N) is 2. The van der Waals surface area contributed by atoms with Crippen molar-refractivity contribution in [1.29, 1.82) is 0 Å². The molecule has 2 aliphatic heterocycles. The van der Waals surface area contributed by atoms with Gasteiger partial charge in [0.15, 0.2) is 0 Å². The van der Waals surface area contributed by atoms with Gasteiger partial charge >= 0.3 is 0 Å². The van der Waals surface area contributed by atoms with Crippen LogP contribution in [0.5, 0.6) is 0 Å². The Kier molecular flexibility index (Phi) is 2.94. The van der Waals surface area contributed by atoms with Crippen molar-refractivity contribution in [2.24, 2.45) is 0 Å². The number of non-ortho nitro benzene ring substituents is 1. The summed E-state index contributed by atoms with van der Waals surface area (Å²) in [5.41, 5.74) is 0.846. The quantitative estimate of drug-likeness (QED) is 0.647. The summed E-state index contributed by atoms with van der Waals surface area (Å²) in [5, 5.41) is 13.8. The third-order valence-corrected chi connectivity index (χ3v) is 3.85. The molecule has 6 nitrogen and oxygen atoms in total. The molecule has 1 aromatic rings. The molecule has 1 amide bonds. The van der Waals surface area contributed by atoms with Crippen LogP contribution in [0, 0.1) is 10.1 Å². The van der Waals surface area contributed by atoms with E-state index in [1.165, 1.54) is 6.07 Å². The van der Waals surface area contributed by atoms with Crippen molar-refractivity contribution in [3.05, 3.63) is 39.9 Å². The molecule has 0 saturated carbocycles. The molecule has 0 radical (unpaired) electrons. The van der Waals surface area contributed by atoms with Gasteiger partial charge in [0.25, 0.3) is 5.69 Å². The van der Waals surface area contributed by atoms with Gasteiger partial charge in [0, 0.05) is 18.7 Å². The fraction of sp³-hybridized carbons (Fsp3) is 0.462. The number of piperidine rings is 1. The minimum Gasteiger partial charge on any atom is -0.335 e. The summed E-state index contributed by atoms with van der Waals surface area (Å²) in [6.45, 7) is 0.858. The maximum atomic E-state index is 11.9. The highest BCUT2D eigenvalue weighted by Crippen LogP contribution is 2.33. The van der Waals surface area contributed by atoms with E-state index in [0.717, 1.165) is 31.4 Å². The summed E-state index contributed by atoms with van der Waals surface area (Å²) in [6.07, 6.45) is 2.78. The second kappa shape index (κ2) is 4.62. The van der Waals surface area contributed by atoms with Gasteiger partial charge in [-0.15, -0.1) is 0 Å². The van der Waals surface area contributed by atoms with E-state index >= 15 is 0 Å². The van der Waals surface area contributed by atoms with Crippen molar-refractivity contribution in [3.8, 4) is 0 Å². The molecule has 2 heterocycles. The summed E-state index contributed by atoms with van der Waals surface area (Å²) in [7, 11) is 0. The molecule has 2 atom stereocenters. The van der Waals surface area contributed by atoms with E-state index < -0.39 is 4.92 Å². The lowest BCUT2D eigenvalue weighted by molar-refractivity contribution is -0.385. The van der Waals surface area contributed by atoms with Gasteiger partial charge in [-0.3, -0.25) is 19.8 Å². The maximum absolute atomic E-state index is 11.9. The highest BCUT2D eigenvalue weighted by Gasteiger charge is 2.41.